The van der Waals surface area contributed by atoms with Crippen molar-refractivity contribution in [3.8, 4) is 0 Å². The second-order valence-corrected chi connectivity index (χ2v) is 6.05. The van der Waals surface area contributed by atoms with E-state index in [9.17, 15) is 9.18 Å². The number of aryl methyl sites for hydroxylation is 1. The average Bonchev–Trinajstić information content (AvgIpc) is 2.62. The van der Waals surface area contributed by atoms with E-state index in [2.05, 4.69) is 25.9 Å². The number of rotatable bonds is 6. The van der Waals surface area contributed by atoms with Crippen LogP contribution in [-0.2, 0) is 11.3 Å². The summed E-state index contributed by atoms with van der Waals surface area (Å²) in [6.07, 6.45) is 0. The molecule has 0 aliphatic heterocycles. The number of carbonyl (C=O) groups is 1. The number of anilines is 4. The van der Waals surface area contributed by atoms with Crippen LogP contribution in [0.15, 0.2) is 54.6 Å². The molecule has 0 radical (unpaired) electrons. The summed E-state index contributed by atoms with van der Waals surface area (Å²) in [6, 6.07) is 15.5. The van der Waals surface area contributed by atoms with Gasteiger partial charge in [-0.05, 0) is 48.9 Å². The zero-order valence-electron chi connectivity index (χ0n) is 15.1. The highest BCUT2D eigenvalue weighted by molar-refractivity contribution is 5.88. The zero-order chi connectivity index (χ0) is 19.2. The molecule has 1 aromatic heterocycles. The van der Waals surface area contributed by atoms with Gasteiger partial charge in [-0.1, -0.05) is 12.1 Å². The van der Waals surface area contributed by atoms with E-state index in [1.807, 2.05) is 31.2 Å². The molecule has 0 bridgehead atoms. The van der Waals surface area contributed by atoms with Crippen LogP contribution >= 0.6 is 0 Å². The van der Waals surface area contributed by atoms with Crippen molar-refractivity contribution in [3.05, 3.63) is 71.8 Å². The maximum atomic E-state index is 13.0. The van der Waals surface area contributed by atoms with Crippen LogP contribution in [-0.4, -0.2) is 15.9 Å². The van der Waals surface area contributed by atoms with Crippen LogP contribution in [0.1, 0.15) is 18.3 Å². The summed E-state index contributed by atoms with van der Waals surface area (Å²) >= 11 is 0. The summed E-state index contributed by atoms with van der Waals surface area (Å²) in [7, 11) is 0. The monoisotopic (exact) mass is 365 g/mol. The Kier molecular flexibility index (Phi) is 5.61. The number of aromatic nitrogens is 2. The van der Waals surface area contributed by atoms with Gasteiger partial charge in [0.1, 0.15) is 23.3 Å². The summed E-state index contributed by atoms with van der Waals surface area (Å²) < 4.78 is 13.0. The van der Waals surface area contributed by atoms with Crippen molar-refractivity contribution < 1.29 is 9.18 Å². The molecule has 3 N–H and O–H groups in total. The summed E-state index contributed by atoms with van der Waals surface area (Å²) in [6.45, 7) is 3.81. The minimum Gasteiger partial charge on any atom is -0.366 e. The largest absolute Gasteiger partial charge is 0.366 e. The average molecular weight is 365 g/mol. The number of nitrogens with zero attached hydrogens (tertiary/aromatic N) is 2. The van der Waals surface area contributed by atoms with Crippen LogP contribution in [0.3, 0.4) is 0 Å². The highest BCUT2D eigenvalue weighted by Gasteiger charge is 2.04. The smallest absolute Gasteiger partial charge is 0.221 e. The van der Waals surface area contributed by atoms with E-state index >= 15 is 0 Å². The van der Waals surface area contributed by atoms with Crippen LogP contribution in [0.4, 0.5) is 27.4 Å². The second kappa shape index (κ2) is 8.27. The first kappa shape index (κ1) is 18.3. The summed E-state index contributed by atoms with van der Waals surface area (Å²) in [4.78, 5) is 19.8. The van der Waals surface area contributed by atoms with Crippen LogP contribution in [0.5, 0.6) is 0 Å². The molecule has 1 amide bonds. The summed E-state index contributed by atoms with van der Waals surface area (Å²) in [5.41, 5.74) is 2.52. The van der Waals surface area contributed by atoms with Crippen molar-refractivity contribution in [1.82, 2.24) is 9.97 Å². The van der Waals surface area contributed by atoms with Crippen molar-refractivity contribution in [3.63, 3.8) is 0 Å². The third kappa shape index (κ3) is 5.50. The molecule has 6 nitrogen and oxygen atoms in total. The SMILES string of the molecule is CC(=O)Nc1ccc(Nc2cc(NCc3ccc(F)cc3)nc(C)n2)cc1. The van der Waals surface area contributed by atoms with Crippen LogP contribution < -0.4 is 16.0 Å². The molecule has 0 fully saturated rings. The molecule has 0 saturated carbocycles. The number of hydrogen-bond donors (Lipinski definition) is 3. The lowest BCUT2D eigenvalue weighted by molar-refractivity contribution is -0.114. The first-order valence-electron chi connectivity index (χ1n) is 8.46. The molecule has 0 unspecified atom stereocenters. The molecule has 0 aliphatic carbocycles. The van der Waals surface area contributed by atoms with Crippen LogP contribution in [0, 0.1) is 12.7 Å². The van der Waals surface area contributed by atoms with Crippen LogP contribution in [0.2, 0.25) is 0 Å². The summed E-state index contributed by atoms with van der Waals surface area (Å²) in [5, 5.41) is 9.16. The van der Waals surface area contributed by atoms with Gasteiger partial charge in [-0.25, -0.2) is 14.4 Å². The Morgan fingerprint density at radius 3 is 2.26 bits per heavy atom. The molecule has 0 saturated heterocycles. The Morgan fingerprint density at radius 2 is 1.59 bits per heavy atom. The quantitative estimate of drug-likeness (QED) is 0.609. The van der Waals surface area contributed by atoms with Gasteiger partial charge in [0.2, 0.25) is 5.91 Å². The van der Waals surface area contributed by atoms with Crippen molar-refractivity contribution in [2.24, 2.45) is 0 Å². The number of carbonyl (C=O) groups excluding carboxylic acids is 1. The van der Waals surface area contributed by atoms with Gasteiger partial charge in [0, 0.05) is 30.9 Å². The molecule has 27 heavy (non-hydrogen) atoms. The molecule has 138 valence electrons. The summed E-state index contributed by atoms with van der Waals surface area (Å²) in [5.74, 6) is 1.57. The second-order valence-electron chi connectivity index (χ2n) is 6.05. The lowest BCUT2D eigenvalue weighted by Gasteiger charge is -2.11. The maximum Gasteiger partial charge on any atom is 0.221 e. The Balaban J connectivity index is 1.67. The molecule has 0 atom stereocenters. The molecule has 3 rings (SSSR count). The molecular weight excluding hydrogens is 345 g/mol. The van der Waals surface area contributed by atoms with Gasteiger partial charge in [0.05, 0.1) is 0 Å². The molecule has 1 heterocycles. The maximum absolute atomic E-state index is 13.0. The molecule has 7 heteroatoms. The van der Waals surface area contributed by atoms with Gasteiger partial charge in [-0.2, -0.15) is 0 Å². The predicted octanol–water partition coefficient (Wildman–Crippen LogP) is 4.24. The highest BCUT2D eigenvalue weighted by atomic mass is 19.1. The fraction of sp³-hybridized carbons (Fsp3) is 0.150. The topological polar surface area (TPSA) is 78.9 Å². The normalized spacial score (nSPS) is 10.3. The van der Waals surface area contributed by atoms with Gasteiger partial charge in [-0.15, -0.1) is 0 Å². The Hall–Kier alpha value is -3.48. The fourth-order valence-electron chi connectivity index (χ4n) is 2.51. The van der Waals surface area contributed by atoms with Crippen molar-refractivity contribution in [2.45, 2.75) is 20.4 Å². The number of amides is 1. The van der Waals surface area contributed by atoms with E-state index in [4.69, 9.17) is 0 Å². The minimum absolute atomic E-state index is 0.112. The van der Waals surface area contributed by atoms with E-state index in [1.54, 1.807) is 18.2 Å². The third-order valence-corrected chi connectivity index (χ3v) is 3.70. The van der Waals surface area contributed by atoms with E-state index in [0.717, 1.165) is 16.9 Å². The lowest BCUT2D eigenvalue weighted by atomic mass is 10.2. The Bertz CT molecular complexity index is 926. The lowest BCUT2D eigenvalue weighted by Crippen LogP contribution is -2.06. The predicted molar refractivity (Wildman–Crippen MR) is 105 cm³/mol. The number of hydrogen-bond acceptors (Lipinski definition) is 5. The first-order chi connectivity index (χ1) is 13.0. The van der Waals surface area contributed by atoms with Crippen molar-refractivity contribution in [1.29, 1.82) is 0 Å². The first-order valence-corrected chi connectivity index (χ1v) is 8.46. The third-order valence-electron chi connectivity index (χ3n) is 3.70. The van der Waals surface area contributed by atoms with Gasteiger partial charge in [-0.3, -0.25) is 4.79 Å². The molecule has 3 aromatic rings. The Labute approximate surface area is 156 Å². The zero-order valence-corrected chi connectivity index (χ0v) is 15.1. The van der Waals surface area contributed by atoms with Crippen molar-refractivity contribution >= 4 is 28.9 Å². The molecule has 0 aliphatic rings. The fourth-order valence-corrected chi connectivity index (χ4v) is 2.51. The highest BCUT2D eigenvalue weighted by Crippen LogP contribution is 2.20. The number of nitrogens with one attached hydrogen (secondary N) is 3. The van der Waals surface area contributed by atoms with E-state index in [0.29, 0.717) is 24.0 Å². The van der Waals surface area contributed by atoms with Gasteiger partial charge in [0.25, 0.3) is 0 Å². The molecular formula is C20H20FN5O. The number of halogens is 1. The standard InChI is InChI=1S/C20H20FN5O/c1-13-23-19(22-12-15-3-5-16(21)6-4-15)11-20(24-13)26-18-9-7-17(8-10-18)25-14(2)27/h3-11H,12H2,1-2H3,(H,25,27)(H2,22,23,24,26). The Morgan fingerprint density at radius 1 is 0.963 bits per heavy atom. The number of benzene rings is 2. The van der Waals surface area contributed by atoms with Gasteiger partial charge < -0.3 is 16.0 Å². The molecule has 0 spiro atoms. The van der Waals surface area contributed by atoms with Crippen molar-refractivity contribution in [2.75, 3.05) is 16.0 Å². The van der Waals surface area contributed by atoms with E-state index < -0.39 is 0 Å². The van der Waals surface area contributed by atoms with Gasteiger partial charge in [0.15, 0.2) is 0 Å². The minimum atomic E-state index is -0.257. The van der Waals surface area contributed by atoms with Crippen LogP contribution in [0.25, 0.3) is 0 Å². The molecule has 2 aromatic carbocycles. The van der Waals surface area contributed by atoms with E-state index in [-0.39, 0.29) is 11.7 Å². The van der Waals surface area contributed by atoms with Gasteiger partial charge >= 0.3 is 0 Å². The van der Waals surface area contributed by atoms with E-state index in [1.165, 1.54) is 19.1 Å².